The van der Waals surface area contributed by atoms with Crippen molar-refractivity contribution < 1.29 is 4.79 Å². The van der Waals surface area contributed by atoms with E-state index >= 15 is 0 Å². The first-order valence-electron chi connectivity index (χ1n) is 11.6. The molecule has 0 aliphatic rings. The first-order valence-corrected chi connectivity index (χ1v) is 11.6. The van der Waals surface area contributed by atoms with Gasteiger partial charge in [0.2, 0.25) is 5.91 Å². The number of imidazole rings is 1. The molecular weight excluding hydrogens is 418 g/mol. The molecule has 0 aliphatic carbocycles. The van der Waals surface area contributed by atoms with E-state index in [1.54, 1.807) is 0 Å². The molecule has 5 rings (SSSR count). The van der Waals surface area contributed by atoms with Gasteiger partial charge in [-0.05, 0) is 35.2 Å². The van der Waals surface area contributed by atoms with Crippen LogP contribution in [-0.2, 0) is 4.79 Å². The highest BCUT2D eigenvalue weighted by Crippen LogP contribution is 2.30. The molecule has 34 heavy (non-hydrogen) atoms. The number of hydrogen-bond donors (Lipinski definition) is 1. The number of rotatable bonds is 7. The van der Waals surface area contributed by atoms with Crippen LogP contribution in [0.1, 0.15) is 46.3 Å². The van der Waals surface area contributed by atoms with Crippen molar-refractivity contribution in [2.24, 2.45) is 0 Å². The number of benzene rings is 3. The summed E-state index contributed by atoms with van der Waals surface area (Å²) in [6.07, 6.45) is 4.25. The van der Waals surface area contributed by atoms with Crippen LogP contribution in [0.4, 0.5) is 0 Å². The first kappa shape index (κ1) is 21.7. The maximum Gasteiger partial charge on any atom is 0.221 e. The fraction of sp³-hybridized carbons (Fsp3) is 0.133. The Morgan fingerprint density at radius 3 is 1.94 bits per heavy atom. The van der Waals surface area contributed by atoms with Gasteiger partial charge in [0.25, 0.3) is 0 Å². The number of carbonyl (C=O) groups excluding carboxylic acids is 1. The second-order valence-electron chi connectivity index (χ2n) is 8.56. The van der Waals surface area contributed by atoms with Crippen LogP contribution in [0.15, 0.2) is 116 Å². The summed E-state index contributed by atoms with van der Waals surface area (Å²) < 4.78 is 2.10. The van der Waals surface area contributed by atoms with Gasteiger partial charge >= 0.3 is 0 Å². The minimum absolute atomic E-state index is 0.00541. The van der Waals surface area contributed by atoms with E-state index in [0.717, 1.165) is 33.6 Å². The summed E-state index contributed by atoms with van der Waals surface area (Å²) >= 11 is 0. The summed E-state index contributed by atoms with van der Waals surface area (Å²) in [6, 6.07) is 34.3. The SMILES string of the molecule is Cc1cccn2c(C(CC(=O)NC(c3ccccc3)c3ccccc3)c3ccccc3)cnc12. The van der Waals surface area contributed by atoms with Crippen LogP contribution in [0.2, 0.25) is 0 Å². The van der Waals surface area contributed by atoms with Gasteiger partial charge in [0.05, 0.1) is 11.7 Å². The predicted molar refractivity (Wildman–Crippen MR) is 136 cm³/mol. The average Bonchev–Trinajstić information content (AvgIpc) is 3.33. The van der Waals surface area contributed by atoms with Gasteiger partial charge in [-0.3, -0.25) is 4.79 Å². The molecule has 0 radical (unpaired) electrons. The van der Waals surface area contributed by atoms with E-state index in [0.29, 0.717) is 6.42 Å². The van der Waals surface area contributed by atoms with Crippen molar-refractivity contribution in [3.05, 3.63) is 143 Å². The molecule has 0 aliphatic heterocycles. The molecule has 2 aromatic heterocycles. The van der Waals surface area contributed by atoms with Gasteiger partial charge < -0.3 is 9.72 Å². The number of hydrogen-bond acceptors (Lipinski definition) is 2. The Labute approximate surface area is 199 Å². The number of pyridine rings is 1. The lowest BCUT2D eigenvalue weighted by molar-refractivity contribution is -0.121. The Kier molecular flexibility index (Phi) is 6.21. The highest BCUT2D eigenvalue weighted by Gasteiger charge is 2.24. The van der Waals surface area contributed by atoms with Crippen molar-refractivity contribution in [1.29, 1.82) is 0 Å². The first-order chi connectivity index (χ1) is 16.7. The monoisotopic (exact) mass is 445 g/mol. The molecule has 0 fully saturated rings. The maximum atomic E-state index is 13.5. The van der Waals surface area contributed by atoms with Gasteiger partial charge in [0, 0.05) is 24.7 Å². The molecule has 3 aromatic carbocycles. The lowest BCUT2D eigenvalue weighted by atomic mass is 9.91. The number of amides is 1. The van der Waals surface area contributed by atoms with Crippen LogP contribution in [0.25, 0.3) is 5.65 Å². The van der Waals surface area contributed by atoms with E-state index in [9.17, 15) is 4.79 Å². The normalized spacial score (nSPS) is 12.1. The van der Waals surface area contributed by atoms with Crippen molar-refractivity contribution >= 4 is 11.6 Å². The minimum Gasteiger partial charge on any atom is -0.345 e. The quantitative estimate of drug-likeness (QED) is 0.330. The molecule has 1 atom stereocenters. The van der Waals surface area contributed by atoms with E-state index in [2.05, 4.69) is 64.1 Å². The van der Waals surface area contributed by atoms with Crippen LogP contribution in [0, 0.1) is 6.92 Å². The highest BCUT2D eigenvalue weighted by molar-refractivity contribution is 5.78. The van der Waals surface area contributed by atoms with Gasteiger partial charge in [-0.15, -0.1) is 0 Å². The third-order valence-corrected chi connectivity index (χ3v) is 6.28. The maximum absolute atomic E-state index is 13.5. The number of nitrogens with one attached hydrogen (secondary N) is 1. The Bertz CT molecular complexity index is 1340. The van der Waals surface area contributed by atoms with Gasteiger partial charge in [-0.1, -0.05) is 97.1 Å². The van der Waals surface area contributed by atoms with Crippen LogP contribution < -0.4 is 5.32 Å². The third-order valence-electron chi connectivity index (χ3n) is 6.28. The largest absolute Gasteiger partial charge is 0.345 e. The minimum atomic E-state index is -0.212. The summed E-state index contributed by atoms with van der Waals surface area (Å²) in [5, 5.41) is 3.30. The van der Waals surface area contributed by atoms with Crippen molar-refractivity contribution in [3.63, 3.8) is 0 Å². The van der Waals surface area contributed by atoms with Gasteiger partial charge in [0.15, 0.2) is 0 Å². The lowest BCUT2D eigenvalue weighted by Crippen LogP contribution is -2.30. The predicted octanol–water partition coefficient (Wildman–Crippen LogP) is 6.07. The summed E-state index contributed by atoms with van der Waals surface area (Å²) in [6.45, 7) is 2.06. The van der Waals surface area contributed by atoms with Gasteiger partial charge in [-0.25, -0.2) is 4.98 Å². The van der Waals surface area contributed by atoms with Crippen LogP contribution in [0.5, 0.6) is 0 Å². The van der Waals surface area contributed by atoms with Crippen molar-refractivity contribution in [3.8, 4) is 0 Å². The Balaban J connectivity index is 1.48. The second-order valence-corrected chi connectivity index (χ2v) is 8.56. The van der Waals surface area contributed by atoms with Crippen molar-refractivity contribution in [2.75, 3.05) is 0 Å². The van der Waals surface area contributed by atoms with Crippen LogP contribution in [-0.4, -0.2) is 15.3 Å². The summed E-state index contributed by atoms with van der Waals surface area (Å²) in [5.41, 5.74) is 6.25. The van der Waals surface area contributed by atoms with Gasteiger partial charge in [-0.2, -0.15) is 0 Å². The van der Waals surface area contributed by atoms with Crippen molar-refractivity contribution in [2.45, 2.75) is 25.3 Å². The third kappa shape index (κ3) is 4.48. The lowest BCUT2D eigenvalue weighted by Gasteiger charge is -2.22. The molecule has 1 unspecified atom stereocenters. The molecule has 1 amide bonds. The van der Waals surface area contributed by atoms with E-state index in [1.807, 2.05) is 73.1 Å². The van der Waals surface area contributed by atoms with E-state index in [4.69, 9.17) is 0 Å². The molecule has 0 bridgehead atoms. The highest BCUT2D eigenvalue weighted by atomic mass is 16.1. The zero-order valence-electron chi connectivity index (χ0n) is 19.1. The average molecular weight is 446 g/mol. The standard InChI is InChI=1S/C30H27N3O/c1-22-12-11-19-33-27(21-31-30(22)33)26(23-13-5-2-6-14-23)20-28(34)32-29(24-15-7-3-8-16-24)25-17-9-4-10-18-25/h2-19,21,26,29H,20H2,1H3,(H,32,34). The number of aryl methyl sites for hydroxylation is 1. The van der Waals surface area contributed by atoms with Crippen molar-refractivity contribution in [1.82, 2.24) is 14.7 Å². The molecule has 0 saturated carbocycles. The van der Waals surface area contributed by atoms with E-state index < -0.39 is 0 Å². The molecule has 4 nitrogen and oxygen atoms in total. The summed E-state index contributed by atoms with van der Waals surface area (Å²) in [7, 11) is 0. The Morgan fingerprint density at radius 2 is 1.35 bits per heavy atom. The molecule has 0 spiro atoms. The molecule has 5 aromatic rings. The molecule has 2 heterocycles. The molecule has 168 valence electrons. The second kappa shape index (κ2) is 9.75. The molecule has 4 heteroatoms. The van der Waals surface area contributed by atoms with E-state index in [1.165, 1.54) is 0 Å². The van der Waals surface area contributed by atoms with Crippen LogP contribution in [0.3, 0.4) is 0 Å². The Morgan fingerprint density at radius 1 is 0.794 bits per heavy atom. The summed E-state index contributed by atoms with van der Waals surface area (Å²) in [4.78, 5) is 18.2. The fourth-order valence-electron chi connectivity index (χ4n) is 4.56. The zero-order chi connectivity index (χ0) is 23.3. The molecular formula is C30H27N3O. The molecule has 1 N–H and O–H groups in total. The number of aromatic nitrogens is 2. The number of carbonyl (C=O) groups is 1. The Hall–Kier alpha value is -4.18. The summed E-state index contributed by atoms with van der Waals surface area (Å²) in [5.74, 6) is -0.126. The zero-order valence-corrected chi connectivity index (χ0v) is 19.1. The van der Waals surface area contributed by atoms with Gasteiger partial charge in [0.1, 0.15) is 5.65 Å². The van der Waals surface area contributed by atoms with E-state index in [-0.39, 0.29) is 17.9 Å². The smallest absolute Gasteiger partial charge is 0.221 e. The topological polar surface area (TPSA) is 46.4 Å². The number of fused-ring (bicyclic) bond motifs is 1. The number of nitrogens with zero attached hydrogens (tertiary/aromatic N) is 2. The molecule has 0 saturated heterocycles. The van der Waals surface area contributed by atoms with Crippen LogP contribution >= 0.6 is 0 Å². The fourth-order valence-corrected chi connectivity index (χ4v) is 4.56.